The highest BCUT2D eigenvalue weighted by molar-refractivity contribution is 7.14. The van der Waals surface area contributed by atoms with Crippen LogP contribution < -0.4 is 10.6 Å². The molecule has 194 valence electrons. The molecule has 0 bridgehead atoms. The molecule has 1 amide bonds. The number of carbonyl (C=O) groups excluding carboxylic acids is 1. The Kier molecular flexibility index (Phi) is 6.54. The van der Waals surface area contributed by atoms with Gasteiger partial charge >= 0.3 is 0 Å². The summed E-state index contributed by atoms with van der Waals surface area (Å²) >= 11 is 1.64. The number of nitrogens with one attached hydrogen (secondary N) is 2. The number of nitrogens with zero attached hydrogens (tertiary/aromatic N) is 6. The Morgan fingerprint density at radius 3 is 2.66 bits per heavy atom. The van der Waals surface area contributed by atoms with Gasteiger partial charge in [-0.25, -0.2) is 4.52 Å². The lowest BCUT2D eigenvalue weighted by Gasteiger charge is -2.27. The lowest BCUT2D eigenvalue weighted by atomic mass is 9.86. The molecular weight excluding hydrogens is 496 g/mol. The SMILES string of the molecule is CC(C)Nc1cc(-c2ccc3cc(C#N)cnn23)ncc1-c1nnc([C@H]2CC[C@H](NC(=O)C3CC3)CC2)s1. The number of carbonyl (C=O) groups is 1. The zero-order valence-electron chi connectivity index (χ0n) is 21.5. The topological polar surface area (TPSA) is 121 Å². The van der Waals surface area contributed by atoms with Crippen molar-refractivity contribution in [2.45, 2.75) is 70.4 Å². The van der Waals surface area contributed by atoms with Crippen LogP contribution in [0.15, 0.2) is 36.7 Å². The molecule has 4 aromatic heterocycles. The van der Waals surface area contributed by atoms with Crippen LogP contribution in [0.1, 0.15) is 68.9 Å². The van der Waals surface area contributed by atoms with E-state index < -0.39 is 0 Å². The summed E-state index contributed by atoms with van der Waals surface area (Å²) < 4.78 is 1.80. The summed E-state index contributed by atoms with van der Waals surface area (Å²) in [5.74, 6) is 0.875. The minimum Gasteiger partial charge on any atom is -0.382 e. The van der Waals surface area contributed by atoms with E-state index in [1.165, 1.54) is 0 Å². The first kappa shape index (κ1) is 24.5. The maximum absolute atomic E-state index is 12.1. The van der Waals surface area contributed by atoms with Crippen LogP contribution in [0.2, 0.25) is 0 Å². The highest BCUT2D eigenvalue weighted by Gasteiger charge is 2.33. The van der Waals surface area contributed by atoms with E-state index in [0.29, 0.717) is 11.5 Å². The number of nitriles is 1. The first-order chi connectivity index (χ1) is 18.5. The van der Waals surface area contributed by atoms with Gasteiger partial charge in [-0.15, -0.1) is 10.2 Å². The van der Waals surface area contributed by atoms with Gasteiger partial charge in [0.2, 0.25) is 5.91 Å². The number of amides is 1. The quantitative estimate of drug-likeness (QED) is 0.341. The van der Waals surface area contributed by atoms with Crippen molar-refractivity contribution in [3.8, 4) is 28.0 Å². The minimum atomic E-state index is 0.220. The lowest BCUT2D eigenvalue weighted by Crippen LogP contribution is -2.38. The van der Waals surface area contributed by atoms with Gasteiger partial charge in [-0.05, 0) is 76.6 Å². The summed E-state index contributed by atoms with van der Waals surface area (Å²) in [6.45, 7) is 4.21. The first-order valence-corrected chi connectivity index (χ1v) is 14.1. The van der Waals surface area contributed by atoms with Crippen LogP contribution in [0.5, 0.6) is 0 Å². The van der Waals surface area contributed by atoms with Crippen molar-refractivity contribution in [2.24, 2.45) is 5.92 Å². The van der Waals surface area contributed by atoms with E-state index in [1.54, 1.807) is 22.0 Å². The number of fused-ring (bicyclic) bond motifs is 1. The smallest absolute Gasteiger partial charge is 0.223 e. The molecule has 2 N–H and O–H groups in total. The van der Waals surface area contributed by atoms with E-state index in [9.17, 15) is 10.1 Å². The van der Waals surface area contributed by atoms with Crippen LogP contribution in [-0.2, 0) is 4.79 Å². The summed E-state index contributed by atoms with van der Waals surface area (Å²) in [5.41, 5.74) is 4.88. The maximum Gasteiger partial charge on any atom is 0.223 e. The monoisotopic (exact) mass is 526 g/mol. The second-order valence-corrected chi connectivity index (χ2v) is 11.6. The fraction of sp³-hybridized carbons (Fsp3) is 0.429. The third-order valence-electron chi connectivity index (χ3n) is 7.28. The molecule has 0 radical (unpaired) electrons. The molecule has 2 saturated carbocycles. The molecule has 0 unspecified atom stereocenters. The Hall–Kier alpha value is -3.84. The Morgan fingerprint density at radius 1 is 1.11 bits per heavy atom. The normalized spacial score (nSPS) is 19.4. The second-order valence-electron chi connectivity index (χ2n) is 10.6. The number of aromatic nitrogens is 5. The van der Waals surface area contributed by atoms with Gasteiger partial charge in [0.15, 0.2) is 5.01 Å². The fourth-order valence-corrected chi connectivity index (χ4v) is 6.14. The lowest BCUT2D eigenvalue weighted by molar-refractivity contribution is -0.123. The van der Waals surface area contributed by atoms with Gasteiger partial charge in [0, 0.05) is 35.8 Å². The molecule has 0 atom stereocenters. The summed E-state index contributed by atoms with van der Waals surface area (Å²) in [6.07, 6.45) is 9.52. The summed E-state index contributed by atoms with van der Waals surface area (Å²) in [7, 11) is 0. The Balaban J connectivity index is 1.22. The predicted molar refractivity (Wildman–Crippen MR) is 147 cm³/mol. The summed E-state index contributed by atoms with van der Waals surface area (Å²) in [6, 6.07) is 10.4. The largest absolute Gasteiger partial charge is 0.382 e. The zero-order valence-corrected chi connectivity index (χ0v) is 22.3. The molecule has 2 fully saturated rings. The zero-order chi connectivity index (χ0) is 26.2. The van der Waals surface area contributed by atoms with E-state index in [4.69, 9.17) is 4.98 Å². The van der Waals surface area contributed by atoms with Crippen LogP contribution in [0.3, 0.4) is 0 Å². The van der Waals surface area contributed by atoms with Crippen molar-refractivity contribution in [1.29, 1.82) is 5.26 Å². The van der Waals surface area contributed by atoms with E-state index >= 15 is 0 Å². The van der Waals surface area contributed by atoms with Gasteiger partial charge in [0.1, 0.15) is 11.1 Å². The van der Waals surface area contributed by atoms with Gasteiger partial charge in [0.25, 0.3) is 0 Å². The third-order valence-corrected chi connectivity index (χ3v) is 8.40. The molecule has 0 spiro atoms. The van der Waals surface area contributed by atoms with Crippen LogP contribution in [0, 0.1) is 17.2 Å². The number of rotatable bonds is 7. The van der Waals surface area contributed by atoms with Gasteiger partial charge in [-0.3, -0.25) is 9.78 Å². The maximum atomic E-state index is 12.1. The molecule has 0 aromatic carbocycles. The van der Waals surface area contributed by atoms with E-state index in [1.807, 2.05) is 30.5 Å². The molecule has 4 heterocycles. The van der Waals surface area contributed by atoms with E-state index in [2.05, 4.69) is 45.8 Å². The van der Waals surface area contributed by atoms with Gasteiger partial charge < -0.3 is 10.6 Å². The fourth-order valence-electron chi connectivity index (χ4n) is 5.11. The minimum absolute atomic E-state index is 0.220. The predicted octanol–water partition coefficient (Wildman–Crippen LogP) is 5.16. The van der Waals surface area contributed by atoms with Crippen molar-refractivity contribution >= 4 is 28.4 Å². The Labute approximate surface area is 225 Å². The molecule has 0 aliphatic heterocycles. The van der Waals surface area contributed by atoms with Crippen molar-refractivity contribution in [3.05, 3.63) is 47.2 Å². The van der Waals surface area contributed by atoms with E-state index in [0.717, 1.165) is 76.7 Å². The molecule has 4 aromatic rings. The number of anilines is 1. The van der Waals surface area contributed by atoms with Crippen molar-refractivity contribution < 1.29 is 4.79 Å². The van der Waals surface area contributed by atoms with Crippen molar-refractivity contribution in [2.75, 3.05) is 5.32 Å². The summed E-state index contributed by atoms with van der Waals surface area (Å²) in [4.78, 5) is 16.9. The van der Waals surface area contributed by atoms with Crippen LogP contribution in [0.25, 0.3) is 27.5 Å². The van der Waals surface area contributed by atoms with Crippen LogP contribution in [-0.4, -0.2) is 42.8 Å². The van der Waals surface area contributed by atoms with Gasteiger partial charge in [-0.1, -0.05) is 11.3 Å². The summed E-state index contributed by atoms with van der Waals surface area (Å²) in [5, 5.41) is 31.5. The number of hydrogen-bond acceptors (Lipinski definition) is 8. The Bertz CT molecular complexity index is 1520. The van der Waals surface area contributed by atoms with E-state index in [-0.39, 0.29) is 23.9 Å². The van der Waals surface area contributed by atoms with Gasteiger partial charge in [-0.2, -0.15) is 10.4 Å². The highest BCUT2D eigenvalue weighted by atomic mass is 32.1. The molecule has 0 saturated heterocycles. The molecule has 38 heavy (non-hydrogen) atoms. The highest BCUT2D eigenvalue weighted by Crippen LogP contribution is 2.39. The average Bonchev–Trinajstić information content (AvgIpc) is 3.52. The molecule has 10 heteroatoms. The van der Waals surface area contributed by atoms with Crippen LogP contribution >= 0.6 is 11.3 Å². The molecular formula is C28H30N8OS. The second kappa shape index (κ2) is 10.1. The van der Waals surface area contributed by atoms with Crippen molar-refractivity contribution in [3.63, 3.8) is 0 Å². The average molecular weight is 527 g/mol. The molecule has 6 rings (SSSR count). The molecule has 9 nitrogen and oxygen atoms in total. The number of hydrogen-bond donors (Lipinski definition) is 2. The third kappa shape index (κ3) is 4.98. The molecule has 2 aliphatic carbocycles. The van der Waals surface area contributed by atoms with Crippen molar-refractivity contribution in [1.82, 2.24) is 30.1 Å². The molecule has 2 aliphatic rings. The Morgan fingerprint density at radius 2 is 1.92 bits per heavy atom. The van der Waals surface area contributed by atoms with Gasteiger partial charge in [0.05, 0.1) is 34.2 Å². The standard InChI is InChI=1S/C28H30N8OS/c1-16(2)32-23-12-24(25-10-9-21-11-17(13-29)14-31-36(21)25)30-15-22(23)28-35-34-27(38-28)19-5-7-20(8-6-19)33-26(37)18-3-4-18/h9-12,14-16,18-20H,3-8H2,1-2H3,(H,30,32)(H,33,37)/t19-,20-. The first-order valence-electron chi connectivity index (χ1n) is 13.3. The number of pyridine rings is 1. The van der Waals surface area contributed by atoms with Crippen LogP contribution in [0.4, 0.5) is 5.69 Å².